The molecule has 0 bridgehead atoms. The lowest BCUT2D eigenvalue weighted by Gasteiger charge is -2.11. The van der Waals surface area contributed by atoms with Crippen molar-refractivity contribution in [2.75, 3.05) is 6.54 Å². The van der Waals surface area contributed by atoms with Crippen LogP contribution in [0, 0.1) is 0 Å². The van der Waals surface area contributed by atoms with E-state index >= 15 is 0 Å². The van der Waals surface area contributed by atoms with Gasteiger partial charge in [0.05, 0.1) is 12.4 Å². The maximum absolute atomic E-state index is 12.1. The predicted molar refractivity (Wildman–Crippen MR) is 88.3 cm³/mol. The second kappa shape index (κ2) is 7.21. The van der Waals surface area contributed by atoms with Crippen LogP contribution in [0.3, 0.4) is 0 Å². The first-order chi connectivity index (χ1) is 11.2. The monoisotopic (exact) mass is 328 g/mol. The third-order valence-electron chi connectivity index (χ3n) is 3.32. The molecule has 1 unspecified atom stereocenters. The molecular weight excluding hydrogens is 312 g/mol. The predicted octanol–water partition coefficient (Wildman–Crippen LogP) is 2.74. The van der Waals surface area contributed by atoms with E-state index in [0.29, 0.717) is 12.1 Å². The largest absolute Gasteiger partial charge is 0.472 e. The summed E-state index contributed by atoms with van der Waals surface area (Å²) in [6, 6.07) is 11.5. The first-order valence-electron chi connectivity index (χ1n) is 7.20. The highest BCUT2D eigenvalue weighted by Gasteiger charge is 2.14. The summed E-state index contributed by atoms with van der Waals surface area (Å²) >= 11 is 1.38. The van der Waals surface area contributed by atoms with Gasteiger partial charge in [-0.25, -0.2) is 4.98 Å². The molecule has 0 saturated heterocycles. The minimum absolute atomic E-state index is 0.187. The van der Waals surface area contributed by atoms with Crippen molar-refractivity contribution in [3.8, 4) is 10.6 Å². The second-order valence-electron chi connectivity index (χ2n) is 5.10. The molecule has 5 nitrogen and oxygen atoms in total. The van der Waals surface area contributed by atoms with Crippen LogP contribution in [0.1, 0.15) is 16.1 Å². The number of carbonyl (C=O) groups is 1. The third kappa shape index (κ3) is 4.06. The molecule has 0 aliphatic heterocycles. The lowest BCUT2D eigenvalue weighted by atomic mass is 10.1. The Balaban J connectivity index is 1.53. The number of aromatic nitrogens is 1. The number of amides is 1. The zero-order valence-corrected chi connectivity index (χ0v) is 13.1. The first kappa shape index (κ1) is 15.5. The highest BCUT2D eigenvalue weighted by Crippen LogP contribution is 2.23. The van der Waals surface area contributed by atoms with Gasteiger partial charge < -0.3 is 14.8 Å². The van der Waals surface area contributed by atoms with Crippen molar-refractivity contribution in [2.24, 2.45) is 0 Å². The minimum atomic E-state index is -0.631. The Kier molecular flexibility index (Phi) is 4.85. The van der Waals surface area contributed by atoms with E-state index in [-0.39, 0.29) is 12.5 Å². The number of aliphatic hydroxyl groups excluding tert-OH is 1. The number of thiazole rings is 1. The molecule has 2 aromatic heterocycles. The quantitative estimate of drug-likeness (QED) is 0.729. The van der Waals surface area contributed by atoms with Crippen molar-refractivity contribution < 1.29 is 14.3 Å². The van der Waals surface area contributed by atoms with Crippen molar-refractivity contribution in [2.45, 2.75) is 12.5 Å². The normalized spacial score (nSPS) is 12.0. The van der Waals surface area contributed by atoms with Gasteiger partial charge in [-0.05, 0) is 11.6 Å². The number of hydrogen-bond donors (Lipinski definition) is 2. The van der Waals surface area contributed by atoms with Crippen molar-refractivity contribution in [3.05, 3.63) is 65.6 Å². The van der Waals surface area contributed by atoms with Gasteiger partial charge in [-0.2, -0.15) is 0 Å². The van der Waals surface area contributed by atoms with Gasteiger partial charge in [0.25, 0.3) is 5.91 Å². The van der Waals surface area contributed by atoms with Crippen LogP contribution < -0.4 is 5.32 Å². The van der Waals surface area contributed by atoms with Gasteiger partial charge in [-0.1, -0.05) is 30.3 Å². The second-order valence-corrected chi connectivity index (χ2v) is 5.96. The SMILES string of the molecule is O=C(NCC(O)Cc1ccccc1)c1csc(-c2ccoc2)n1. The zero-order chi connectivity index (χ0) is 16.1. The minimum Gasteiger partial charge on any atom is -0.472 e. The number of furan rings is 1. The van der Waals surface area contributed by atoms with Crippen LogP contribution in [0.25, 0.3) is 10.6 Å². The summed E-state index contributed by atoms with van der Waals surface area (Å²) in [5.41, 5.74) is 2.22. The molecule has 3 rings (SSSR count). The van der Waals surface area contributed by atoms with Gasteiger partial charge >= 0.3 is 0 Å². The molecule has 1 aromatic carbocycles. The Morgan fingerprint density at radius 2 is 2.13 bits per heavy atom. The Bertz CT molecular complexity index is 753. The summed E-state index contributed by atoms with van der Waals surface area (Å²) in [5, 5.41) is 15.1. The van der Waals surface area contributed by atoms with Gasteiger partial charge in [-0.3, -0.25) is 4.79 Å². The Morgan fingerprint density at radius 1 is 1.30 bits per heavy atom. The molecule has 2 heterocycles. The highest BCUT2D eigenvalue weighted by molar-refractivity contribution is 7.13. The van der Waals surface area contributed by atoms with E-state index in [0.717, 1.165) is 16.1 Å². The fourth-order valence-electron chi connectivity index (χ4n) is 2.16. The molecule has 0 radical (unpaired) electrons. The average Bonchev–Trinajstić information content (AvgIpc) is 3.24. The molecule has 1 atom stereocenters. The molecule has 23 heavy (non-hydrogen) atoms. The molecule has 3 aromatic rings. The van der Waals surface area contributed by atoms with E-state index in [4.69, 9.17) is 4.42 Å². The molecule has 0 saturated carbocycles. The first-order valence-corrected chi connectivity index (χ1v) is 8.08. The third-order valence-corrected chi connectivity index (χ3v) is 4.21. The molecule has 0 aliphatic carbocycles. The number of aliphatic hydroxyl groups is 1. The van der Waals surface area contributed by atoms with Gasteiger partial charge in [-0.15, -0.1) is 11.3 Å². The van der Waals surface area contributed by atoms with Gasteiger partial charge in [0, 0.05) is 23.9 Å². The van der Waals surface area contributed by atoms with Crippen LogP contribution in [0.5, 0.6) is 0 Å². The molecule has 0 fully saturated rings. The van der Waals surface area contributed by atoms with Crippen molar-refractivity contribution in [1.29, 1.82) is 0 Å². The van der Waals surface area contributed by atoms with E-state index in [1.54, 1.807) is 24.0 Å². The smallest absolute Gasteiger partial charge is 0.270 e. The van der Waals surface area contributed by atoms with E-state index < -0.39 is 6.10 Å². The number of benzene rings is 1. The summed E-state index contributed by atoms with van der Waals surface area (Å²) < 4.78 is 5.01. The number of nitrogens with one attached hydrogen (secondary N) is 1. The fourth-order valence-corrected chi connectivity index (χ4v) is 2.94. The lowest BCUT2D eigenvalue weighted by molar-refractivity contribution is 0.0912. The van der Waals surface area contributed by atoms with Crippen LogP contribution in [0.2, 0.25) is 0 Å². The Hall–Kier alpha value is -2.44. The molecule has 0 aliphatic rings. The van der Waals surface area contributed by atoms with Crippen LogP contribution in [-0.4, -0.2) is 28.6 Å². The maximum Gasteiger partial charge on any atom is 0.270 e. The summed E-state index contributed by atoms with van der Waals surface area (Å²) in [6.07, 6.45) is 3.02. The van der Waals surface area contributed by atoms with Crippen molar-refractivity contribution in [1.82, 2.24) is 10.3 Å². The van der Waals surface area contributed by atoms with Gasteiger partial charge in [0.1, 0.15) is 17.0 Å². The van der Waals surface area contributed by atoms with E-state index in [1.807, 2.05) is 30.3 Å². The number of carbonyl (C=O) groups excluding carboxylic acids is 1. The number of nitrogens with zero attached hydrogens (tertiary/aromatic N) is 1. The van der Waals surface area contributed by atoms with Gasteiger partial charge in [0.15, 0.2) is 0 Å². The molecule has 0 spiro atoms. The summed E-state index contributed by atoms with van der Waals surface area (Å²) in [5.74, 6) is -0.289. The van der Waals surface area contributed by atoms with Crippen LogP contribution in [0.15, 0.2) is 58.7 Å². The number of hydrogen-bond acceptors (Lipinski definition) is 5. The summed E-state index contributed by atoms with van der Waals surface area (Å²) in [7, 11) is 0. The van der Waals surface area contributed by atoms with E-state index in [1.165, 1.54) is 11.3 Å². The average molecular weight is 328 g/mol. The van der Waals surface area contributed by atoms with Crippen LogP contribution in [0.4, 0.5) is 0 Å². The van der Waals surface area contributed by atoms with Crippen LogP contribution >= 0.6 is 11.3 Å². The summed E-state index contributed by atoms with van der Waals surface area (Å²) in [4.78, 5) is 16.4. The van der Waals surface area contributed by atoms with E-state index in [2.05, 4.69) is 10.3 Å². The maximum atomic E-state index is 12.1. The highest BCUT2D eigenvalue weighted by atomic mass is 32.1. The van der Waals surface area contributed by atoms with E-state index in [9.17, 15) is 9.90 Å². The molecule has 2 N–H and O–H groups in total. The molecule has 6 heteroatoms. The fraction of sp³-hybridized carbons (Fsp3) is 0.176. The topological polar surface area (TPSA) is 75.4 Å². The molecular formula is C17H16N2O3S. The van der Waals surface area contributed by atoms with Crippen molar-refractivity contribution >= 4 is 17.2 Å². The number of rotatable bonds is 6. The standard InChI is InChI=1S/C17H16N2O3S/c20-14(8-12-4-2-1-3-5-12)9-18-16(21)15-11-23-17(19-15)13-6-7-22-10-13/h1-7,10-11,14,20H,8-9H2,(H,18,21). The van der Waals surface area contributed by atoms with Gasteiger partial charge in [0.2, 0.25) is 0 Å². The van der Waals surface area contributed by atoms with Crippen molar-refractivity contribution in [3.63, 3.8) is 0 Å². The lowest BCUT2D eigenvalue weighted by Crippen LogP contribution is -2.33. The Labute approximate surface area is 137 Å². The molecule has 1 amide bonds. The Morgan fingerprint density at radius 3 is 2.87 bits per heavy atom. The molecule has 118 valence electrons. The van der Waals surface area contributed by atoms with Crippen LogP contribution in [-0.2, 0) is 6.42 Å². The zero-order valence-electron chi connectivity index (χ0n) is 12.3. The summed E-state index contributed by atoms with van der Waals surface area (Å²) in [6.45, 7) is 0.187.